The van der Waals surface area contributed by atoms with Crippen LogP contribution in [0.2, 0.25) is 0 Å². The van der Waals surface area contributed by atoms with Crippen LogP contribution in [-0.4, -0.2) is 8.42 Å². The lowest BCUT2D eigenvalue weighted by Gasteiger charge is -2.10. The zero-order valence-electron chi connectivity index (χ0n) is 14.2. The lowest BCUT2D eigenvalue weighted by molar-refractivity contribution is 0.506. The van der Waals surface area contributed by atoms with E-state index in [0.29, 0.717) is 5.69 Å². The fraction of sp³-hybridized carbons (Fsp3) is 0.300. The average Bonchev–Trinajstić information content (AvgIpc) is 2.99. The molecule has 1 aliphatic rings. The number of nitrogens with one attached hydrogen (secondary N) is 1. The smallest absolute Gasteiger partial charge is 0.261 e. The first-order valence-electron chi connectivity index (χ1n) is 8.73. The lowest BCUT2D eigenvalue weighted by atomic mass is 9.96. The highest BCUT2D eigenvalue weighted by atomic mass is 32.2. The van der Waals surface area contributed by atoms with E-state index >= 15 is 0 Å². The molecule has 1 aromatic heterocycles. The molecule has 4 rings (SSSR count). The number of hydrogen-bond donors (Lipinski definition) is 1. The molecule has 1 aliphatic carbocycles. The zero-order chi connectivity index (χ0) is 17.4. The zero-order valence-corrected chi connectivity index (χ0v) is 15.0. The van der Waals surface area contributed by atoms with Gasteiger partial charge in [0.2, 0.25) is 0 Å². The summed E-state index contributed by atoms with van der Waals surface area (Å²) >= 11 is 0. The number of sulfonamides is 1. The first-order valence-corrected chi connectivity index (χ1v) is 10.2. The van der Waals surface area contributed by atoms with Crippen molar-refractivity contribution < 1.29 is 12.8 Å². The molecule has 2 aromatic carbocycles. The SMILES string of the molecule is CCc1ccc(S(=O)(=O)Nc2ccc3oc4c(c3c2)CCCC4)cc1. The molecule has 3 aromatic rings. The van der Waals surface area contributed by atoms with Crippen molar-refractivity contribution in [2.24, 2.45) is 0 Å². The fourth-order valence-corrected chi connectivity index (χ4v) is 4.49. The van der Waals surface area contributed by atoms with Gasteiger partial charge in [-0.15, -0.1) is 0 Å². The molecule has 0 amide bonds. The average molecular weight is 355 g/mol. The summed E-state index contributed by atoms with van der Waals surface area (Å²) in [6.45, 7) is 2.04. The number of rotatable bonds is 4. The summed E-state index contributed by atoms with van der Waals surface area (Å²) in [6.07, 6.45) is 5.16. The fourth-order valence-electron chi connectivity index (χ4n) is 3.44. The molecule has 130 valence electrons. The molecule has 0 aliphatic heterocycles. The second kappa shape index (κ2) is 6.23. The Morgan fingerprint density at radius 1 is 1.04 bits per heavy atom. The highest BCUT2D eigenvalue weighted by Gasteiger charge is 2.19. The van der Waals surface area contributed by atoms with Crippen LogP contribution in [0.15, 0.2) is 51.8 Å². The summed E-state index contributed by atoms with van der Waals surface area (Å²) < 4.78 is 33.9. The van der Waals surface area contributed by atoms with Crippen molar-refractivity contribution in [1.82, 2.24) is 0 Å². The summed E-state index contributed by atoms with van der Waals surface area (Å²) in [6, 6.07) is 12.5. The molecule has 0 saturated carbocycles. The number of anilines is 1. The molecule has 0 atom stereocenters. The number of aryl methyl sites for hydroxylation is 3. The van der Waals surface area contributed by atoms with E-state index in [9.17, 15) is 8.42 Å². The van der Waals surface area contributed by atoms with Gasteiger partial charge in [0.1, 0.15) is 11.3 Å². The van der Waals surface area contributed by atoms with Gasteiger partial charge in [0.15, 0.2) is 0 Å². The predicted molar refractivity (Wildman–Crippen MR) is 99.5 cm³/mol. The van der Waals surface area contributed by atoms with E-state index < -0.39 is 10.0 Å². The van der Waals surface area contributed by atoms with Gasteiger partial charge in [-0.1, -0.05) is 19.1 Å². The maximum absolute atomic E-state index is 12.6. The second-order valence-electron chi connectivity index (χ2n) is 6.52. The number of hydrogen-bond acceptors (Lipinski definition) is 3. The Kier molecular flexibility index (Phi) is 4.04. The molecular weight excluding hydrogens is 334 g/mol. The number of furan rings is 1. The Morgan fingerprint density at radius 2 is 1.80 bits per heavy atom. The van der Waals surface area contributed by atoms with Gasteiger partial charge >= 0.3 is 0 Å². The molecule has 0 spiro atoms. The molecule has 4 nitrogen and oxygen atoms in total. The topological polar surface area (TPSA) is 59.3 Å². The summed E-state index contributed by atoms with van der Waals surface area (Å²) in [5.41, 5.74) is 3.75. The van der Waals surface area contributed by atoms with Crippen LogP contribution in [0, 0.1) is 0 Å². The normalized spacial score (nSPS) is 14.4. The van der Waals surface area contributed by atoms with Crippen molar-refractivity contribution in [3.8, 4) is 0 Å². The molecule has 0 saturated heterocycles. The molecule has 0 radical (unpaired) electrons. The van der Waals surface area contributed by atoms with Crippen molar-refractivity contribution in [3.05, 3.63) is 59.4 Å². The maximum Gasteiger partial charge on any atom is 0.261 e. The first kappa shape index (κ1) is 16.2. The Morgan fingerprint density at radius 3 is 2.56 bits per heavy atom. The molecular formula is C20H21NO3S. The van der Waals surface area contributed by atoms with Gasteiger partial charge in [-0.05, 0) is 61.6 Å². The molecule has 0 fully saturated rings. The molecule has 0 unspecified atom stereocenters. The summed E-state index contributed by atoms with van der Waals surface area (Å²) in [4.78, 5) is 0.277. The van der Waals surface area contributed by atoms with Crippen LogP contribution >= 0.6 is 0 Å². The van der Waals surface area contributed by atoms with Gasteiger partial charge in [0.25, 0.3) is 10.0 Å². The van der Waals surface area contributed by atoms with Crippen LogP contribution in [0.1, 0.15) is 36.7 Å². The van der Waals surface area contributed by atoms with Crippen LogP contribution < -0.4 is 4.72 Å². The lowest BCUT2D eigenvalue weighted by Crippen LogP contribution is -2.12. The van der Waals surface area contributed by atoms with Gasteiger partial charge in [0.05, 0.1) is 4.90 Å². The van der Waals surface area contributed by atoms with Crippen molar-refractivity contribution in [3.63, 3.8) is 0 Å². The molecule has 1 heterocycles. The Bertz CT molecular complexity index is 1020. The van der Waals surface area contributed by atoms with Crippen molar-refractivity contribution >= 4 is 26.7 Å². The van der Waals surface area contributed by atoms with Gasteiger partial charge in [-0.25, -0.2) is 8.42 Å². The Labute approximate surface area is 147 Å². The largest absolute Gasteiger partial charge is 0.461 e. The minimum atomic E-state index is -3.59. The van der Waals surface area contributed by atoms with E-state index in [-0.39, 0.29) is 4.90 Å². The molecule has 25 heavy (non-hydrogen) atoms. The maximum atomic E-state index is 12.6. The summed E-state index contributed by atoms with van der Waals surface area (Å²) in [5.74, 6) is 1.05. The van der Waals surface area contributed by atoms with Crippen molar-refractivity contribution in [2.75, 3.05) is 4.72 Å². The van der Waals surface area contributed by atoms with Gasteiger partial charge in [-0.2, -0.15) is 0 Å². The molecule has 5 heteroatoms. The van der Waals surface area contributed by atoms with E-state index in [1.807, 2.05) is 31.2 Å². The van der Waals surface area contributed by atoms with E-state index in [2.05, 4.69) is 4.72 Å². The van der Waals surface area contributed by atoms with E-state index in [4.69, 9.17) is 4.42 Å². The Hall–Kier alpha value is -2.27. The summed E-state index contributed by atoms with van der Waals surface area (Å²) in [7, 11) is -3.59. The third kappa shape index (κ3) is 3.04. The standard InChI is InChI=1S/C20H21NO3S/c1-2-14-7-10-16(11-8-14)25(22,23)21-15-9-12-20-18(13-15)17-5-3-4-6-19(17)24-20/h7-13,21H,2-6H2,1H3. The van der Waals surface area contributed by atoms with E-state index in [1.54, 1.807) is 18.2 Å². The Balaban J connectivity index is 1.67. The van der Waals surface area contributed by atoms with E-state index in [0.717, 1.165) is 54.4 Å². The van der Waals surface area contributed by atoms with Crippen LogP contribution in [-0.2, 0) is 29.3 Å². The van der Waals surface area contributed by atoms with Gasteiger partial charge in [0, 0.05) is 23.1 Å². The second-order valence-corrected chi connectivity index (χ2v) is 8.21. The third-order valence-corrected chi connectivity index (χ3v) is 6.25. The minimum absolute atomic E-state index is 0.277. The highest BCUT2D eigenvalue weighted by Crippen LogP contribution is 2.33. The summed E-state index contributed by atoms with van der Waals surface area (Å²) in [5, 5.41) is 1.02. The predicted octanol–water partition coefficient (Wildman–Crippen LogP) is 4.67. The van der Waals surface area contributed by atoms with Crippen LogP contribution in [0.3, 0.4) is 0 Å². The quantitative estimate of drug-likeness (QED) is 0.739. The van der Waals surface area contributed by atoms with Crippen molar-refractivity contribution in [2.45, 2.75) is 43.9 Å². The number of benzene rings is 2. The number of fused-ring (bicyclic) bond motifs is 3. The first-order chi connectivity index (χ1) is 12.1. The van der Waals surface area contributed by atoms with Gasteiger partial charge < -0.3 is 4.42 Å². The van der Waals surface area contributed by atoms with Crippen molar-refractivity contribution in [1.29, 1.82) is 0 Å². The van der Waals surface area contributed by atoms with Crippen LogP contribution in [0.4, 0.5) is 5.69 Å². The molecule has 0 bridgehead atoms. The van der Waals surface area contributed by atoms with Crippen LogP contribution in [0.25, 0.3) is 11.0 Å². The third-order valence-electron chi connectivity index (χ3n) is 4.85. The monoisotopic (exact) mass is 355 g/mol. The highest BCUT2D eigenvalue weighted by molar-refractivity contribution is 7.92. The van der Waals surface area contributed by atoms with Crippen LogP contribution in [0.5, 0.6) is 0 Å². The van der Waals surface area contributed by atoms with E-state index in [1.165, 1.54) is 5.56 Å². The minimum Gasteiger partial charge on any atom is -0.461 e. The van der Waals surface area contributed by atoms with Gasteiger partial charge in [-0.3, -0.25) is 4.72 Å². The molecule has 1 N–H and O–H groups in total.